The van der Waals surface area contributed by atoms with E-state index in [4.69, 9.17) is 33.3 Å². The van der Waals surface area contributed by atoms with Crippen molar-refractivity contribution >= 4 is 34.6 Å². The van der Waals surface area contributed by atoms with E-state index in [0.29, 0.717) is 10.1 Å². The summed E-state index contributed by atoms with van der Waals surface area (Å²) in [5.74, 6) is 1.53. The molecule has 0 radical (unpaired) electrons. The van der Waals surface area contributed by atoms with E-state index in [1.165, 1.54) is 0 Å². The maximum Gasteiger partial charge on any atom is 0.231 e. The van der Waals surface area contributed by atoms with Gasteiger partial charge in [0.2, 0.25) is 6.79 Å². The van der Waals surface area contributed by atoms with Crippen LogP contribution in [0, 0.1) is 13.8 Å². The fraction of sp³-hybridized carbons (Fsp3) is 0.185. The van der Waals surface area contributed by atoms with Crippen LogP contribution in [-0.2, 0) is 0 Å². The van der Waals surface area contributed by atoms with Crippen LogP contribution in [0.4, 0.5) is 5.69 Å². The lowest BCUT2D eigenvalue weighted by Gasteiger charge is -2.28. The number of ether oxygens (including phenoxy) is 2. The molecule has 4 heterocycles. The molecule has 0 unspecified atom stereocenters. The first-order chi connectivity index (χ1) is 17.0. The first-order valence-electron chi connectivity index (χ1n) is 11.4. The van der Waals surface area contributed by atoms with Crippen molar-refractivity contribution in [1.29, 1.82) is 0 Å². The van der Waals surface area contributed by atoms with Crippen molar-refractivity contribution in [2.45, 2.75) is 25.9 Å². The summed E-state index contributed by atoms with van der Waals surface area (Å²) < 4.78 is 13.4. The number of aromatic nitrogens is 2. The summed E-state index contributed by atoms with van der Waals surface area (Å²) >= 11 is 12.0. The Morgan fingerprint density at radius 3 is 2.51 bits per heavy atom. The van der Waals surface area contributed by atoms with Crippen molar-refractivity contribution in [3.8, 4) is 17.2 Å². The van der Waals surface area contributed by atoms with Crippen molar-refractivity contribution in [2.24, 2.45) is 0 Å². The minimum atomic E-state index is -0.120. The molecule has 35 heavy (non-hydrogen) atoms. The van der Waals surface area contributed by atoms with Gasteiger partial charge in [0, 0.05) is 40.0 Å². The van der Waals surface area contributed by atoms with E-state index in [1.54, 1.807) is 0 Å². The second kappa shape index (κ2) is 8.59. The minimum absolute atomic E-state index is 0.104. The van der Waals surface area contributed by atoms with Gasteiger partial charge in [0.15, 0.2) is 16.6 Å². The Bertz CT molecular complexity index is 1420. The van der Waals surface area contributed by atoms with Crippen LogP contribution < -0.4 is 19.7 Å². The Morgan fingerprint density at radius 1 is 0.971 bits per heavy atom. The van der Waals surface area contributed by atoms with Gasteiger partial charge in [-0.1, -0.05) is 17.7 Å². The SMILES string of the molecule is Cc1cc([C@H]2[C@H](c3ccccn3)NC(=S)N2c2ccc(Cl)cc2)c(C)n1-c1ccc2c(c1)OCO2. The predicted octanol–water partition coefficient (Wildman–Crippen LogP) is 6.05. The average molecular weight is 503 g/mol. The van der Waals surface area contributed by atoms with Gasteiger partial charge < -0.3 is 24.3 Å². The van der Waals surface area contributed by atoms with Crippen molar-refractivity contribution in [1.82, 2.24) is 14.9 Å². The Labute approximate surface area is 214 Å². The average Bonchev–Trinajstić information content (AvgIpc) is 3.55. The Kier molecular flexibility index (Phi) is 5.39. The molecule has 2 aromatic carbocycles. The molecule has 8 heteroatoms. The van der Waals surface area contributed by atoms with Gasteiger partial charge in [0.05, 0.1) is 17.8 Å². The lowest BCUT2D eigenvalue weighted by molar-refractivity contribution is 0.174. The molecule has 1 saturated heterocycles. The molecular formula is C27H23ClN4O2S. The smallest absolute Gasteiger partial charge is 0.231 e. The number of fused-ring (bicyclic) bond motifs is 1. The Hall–Kier alpha value is -3.55. The fourth-order valence-electron chi connectivity index (χ4n) is 5.06. The van der Waals surface area contributed by atoms with Gasteiger partial charge in [0.25, 0.3) is 0 Å². The van der Waals surface area contributed by atoms with E-state index in [9.17, 15) is 0 Å². The molecule has 176 valence electrons. The van der Waals surface area contributed by atoms with E-state index < -0.39 is 0 Å². The monoisotopic (exact) mass is 502 g/mol. The topological polar surface area (TPSA) is 51.6 Å². The van der Waals surface area contributed by atoms with Crippen LogP contribution in [0.2, 0.25) is 5.02 Å². The third-order valence-electron chi connectivity index (χ3n) is 6.61. The summed E-state index contributed by atoms with van der Waals surface area (Å²) in [6, 6.07) is 21.8. The third-order valence-corrected chi connectivity index (χ3v) is 7.17. The van der Waals surface area contributed by atoms with Gasteiger partial charge in [0.1, 0.15) is 0 Å². The van der Waals surface area contributed by atoms with E-state index >= 15 is 0 Å². The number of nitrogens with one attached hydrogen (secondary N) is 1. The van der Waals surface area contributed by atoms with E-state index in [2.05, 4.69) is 45.7 Å². The molecule has 2 aliphatic heterocycles. The second-order valence-electron chi connectivity index (χ2n) is 8.67. The minimum Gasteiger partial charge on any atom is -0.454 e. The summed E-state index contributed by atoms with van der Waals surface area (Å²) in [5.41, 5.74) is 6.34. The number of nitrogens with zero attached hydrogens (tertiary/aromatic N) is 3. The number of benzene rings is 2. The van der Waals surface area contributed by atoms with Crippen LogP contribution in [0.5, 0.6) is 11.5 Å². The largest absolute Gasteiger partial charge is 0.454 e. The lowest BCUT2D eigenvalue weighted by Crippen LogP contribution is -2.29. The summed E-state index contributed by atoms with van der Waals surface area (Å²) in [4.78, 5) is 6.83. The molecule has 0 saturated carbocycles. The first-order valence-corrected chi connectivity index (χ1v) is 12.1. The van der Waals surface area contributed by atoms with Gasteiger partial charge in [-0.05, 0) is 86.2 Å². The van der Waals surface area contributed by atoms with Crippen molar-refractivity contribution in [3.05, 3.63) is 101 Å². The molecule has 0 amide bonds. The van der Waals surface area contributed by atoms with Crippen molar-refractivity contribution in [3.63, 3.8) is 0 Å². The Balaban J connectivity index is 1.50. The summed E-state index contributed by atoms with van der Waals surface area (Å²) in [5, 5.41) is 4.87. The number of thiocarbonyl (C=S) groups is 1. The zero-order valence-electron chi connectivity index (χ0n) is 19.2. The number of rotatable bonds is 4. The van der Waals surface area contributed by atoms with Crippen LogP contribution in [0.15, 0.2) is 72.9 Å². The van der Waals surface area contributed by atoms with Gasteiger partial charge in [-0.15, -0.1) is 0 Å². The van der Waals surface area contributed by atoms with Gasteiger partial charge in [-0.25, -0.2) is 0 Å². The molecule has 0 spiro atoms. The molecule has 2 atom stereocenters. The molecule has 2 aromatic heterocycles. The van der Waals surface area contributed by atoms with Crippen LogP contribution >= 0.6 is 23.8 Å². The van der Waals surface area contributed by atoms with E-state index in [-0.39, 0.29) is 18.9 Å². The van der Waals surface area contributed by atoms with Crippen LogP contribution in [-0.4, -0.2) is 21.5 Å². The number of halogens is 1. The zero-order valence-corrected chi connectivity index (χ0v) is 20.8. The van der Waals surface area contributed by atoms with Crippen LogP contribution in [0.3, 0.4) is 0 Å². The molecule has 2 aliphatic rings. The number of aryl methyl sites for hydroxylation is 1. The quantitative estimate of drug-likeness (QED) is 0.343. The molecule has 6 nitrogen and oxygen atoms in total. The van der Waals surface area contributed by atoms with Gasteiger partial charge in [-0.3, -0.25) is 4.98 Å². The molecule has 6 rings (SSSR count). The normalized spacial score (nSPS) is 18.7. The highest BCUT2D eigenvalue weighted by atomic mass is 35.5. The van der Waals surface area contributed by atoms with Gasteiger partial charge >= 0.3 is 0 Å². The predicted molar refractivity (Wildman–Crippen MR) is 141 cm³/mol. The molecule has 0 bridgehead atoms. The Morgan fingerprint density at radius 2 is 1.74 bits per heavy atom. The second-order valence-corrected chi connectivity index (χ2v) is 9.50. The highest BCUT2D eigenvalue weighted by molar-refractivity contribution is 7.80. The van der Waals surface area contributed by atoms with Gasteiger partial charge in [-0.2, -0.15) is 0 Å². The molecule has 1 N–H and O–H groups in total. The molecule has 4 aromatic rings. The maximum absolute atomic E-state index is 6.19. The van der Waals surface area contributed by atoms with E-state index in [0.717, 1.165) is 45.5 Å². The summed E-state index contributed by atoms with van der Waals surface area (Å²) in [7, 11) is 0. The standard InChI is InChI=1S/C27H23ClN4O2S/c1-16-13-21(17(2)31(16)20-10-11-23-24(14-20)34-15-33-23)26-25(22-5-3-4-12-29-22)30-27(35)32(26)19-8-6-18(28)7-9-19/h3-14,25-26H,15H2,1-2H3,(H,30,35)/t25-,26-/m0/s1. The summed E-state index contributed by atoms with van der Waals surface area (Å²) in [6.45, 7) is 4.51. The number of hydrogen-bond acceptors (Lipinski definition) is 4. The van der Waals surface area contributed by atoms with Crippen molar-refractivity contribution in [2.75, 3.05) is 11.7 Å². The molecular weight excluding hydrogens is 480 g/mol. The zero-order chi connectivity index (χ0) is 24.1. The number of pyridine rings is 1. The third kappa shape index (κ3) is 3.72. The number of hydrogen-bond donors (Lipinski definition) is 1. The lowest BCUT2D eigenvalue weighted by atomic mass is 9.96. The number of anilines is 1. The fourth-order valence-corrected chi connectivity index (χ4v) is 5.53. The summed E-state index contributed by atoms with van der Waals surface area (Å²) in [6.07, 6.45) is 1.82. The first kappa shape index (κ1) is 21.9. The molecule has 0 aliphatic carbocycles. The van der Waals surface area contributed by atoms with Crippen molar-refractivity contribution < 1.29 is 9.47 Å². The van der Waals surface area contributed by atoms with Crippen LogP contribution in [0.1, 0.15) is 34.7 Å². The van der Waals surface area contributed by atoms with Crippen LogP contribution in [0.25, 0.3) is 5.69 Å². The maximum atomic E-state index is 6.19. The van der Waals surface area contributed by atoms with E-state index in [1.807, 2.05) is 60.8 Å². The molecule has 1 fully saturated rings. The highest BCUT2D eigenvalue weighted by Gasteiger charge is 2.42. The highest BCUT2D eigenvalue weighted by Crippen LogP contribution is 2.44.